The molecular weight excluding hydrogens is 272 g/mol. The molecule has 7 heteroatoms. The molecule has 106 valence electrons. The molecule has 0 radical (unpaired) electrons. The molecule has 1 rings (SSSR count). The topological polar surface area (TPSA) is 89.9 Å². The number of carboxylic acid groups (broad SMARTS) is 1. The summed E-state index contributed by atoms with van der Waals surface area (Å²) in [4.78, 5) is 10.7. The standard InChI is InChI=1S/C12H16O6S/c1-3-18-6-7-19(15,16)11-8-9(12(13)14)4-5-10(11)17-2/h4-5,8H,3,6-7H2,1-2H3,(H,13,14). The van der Waals surface area contributed by atoms with E-state index in [1.807, 2.05) is 0 Å². The van der Waals surface area contributed by atoms with E-state index in [0.717, 1.165) is 6.07 Å². The van der Waals surface area contributed by atoms with Crippen molar-refractivity contribution in [3.63, 3.8) is 0 Å². The Hall–Kier alpha value is -1.60. The highest BCUT2D eigenvalue weighted by Gasteiger charge is 2.21. The van der Waals surface area contributed by atoms with Gasteiger partial charge in [-0.15, -0.1) is 0 Å². The lowest BCUT2D eigenvalue weighted by Gasteiger charge is -2.10. The molecule has 0 aliphatic carbocycles. The summed E-state index contributed by atoms with van der Waals surface area (Å²) < 4.78 is 34.2. The highest BCUT2D eigenvalue weighted by molar-refractivity contribution is 7.91. The average Bonchev–Trinajstić information content (AvgIpc) is 2.38. The number of methoxy groups -OCH3 is 1. The van der Waals surface area contributed by atoms with Gasteiger partial charge in [-0.2, -0.15) is 0 Å². The van der Waals surface area contributed by atoms with Crippen LogP contribution < -0.4 is 4.74 Å². The zero-order valence-corrected chi connectivity index (χ0v) is 11.6. The van der Waals surface area contributed by atoms with Crippen LogP contribution in [0.1, 0.15) is 17.3 Å². The number of carbonyl (C=O) groups is 1. The Morgan fingerprint density at radius 3 is 2.58 bits per heavy atom. The smallest absolute Gasteiger partial charge is 0.335 e. The van der Waals surface area contributed by atoms with Gasteiger partial charge in [0.05, 0.1) is 25.0 Å². The number of rotatable bonds is 7. The first-order valence-electron chi connectivity index (χ1n) is 5.64. The van der Waals surface area contributed by atoms with Gasteiger partial charge in [-0.25, -0.2) is 13.2 Å². The molecule has 0 bridgehead atoms. The number of ether oxygens (including phenoxy) is 2. The minimum atomic E-state index is -3.64. The van der Waals surface area contributed by atoms with Crippen molar-refractivity contribution in [2.45, 2.75) is 11.8 Å². The van der Waals surface area contributed by atoms with Gasteiger partial charge in [0, 0.05) is 6.61 Å². The monoisotopic (exact) mass is 288 g/mol. The van der Waals surface area contributed by atoms with E-state index in [9.17, 15) is 13.2 Å². The van der Waals surface area contributed by atoms with Gasteiger partial charge in [0.1, 0.15) is 10.6 Å². The molecule has 19 heavy (non-hydrogen) atoms. The van der Waals surface area contributed by atoms with E-state index in [0.29, 0.717) is 6.61 Å². The lowest BCUT2D eigenvalue weighted by Crippen LogP contribution is -2.14. The molecule has 0 unspecified atom stereocenters. The molecule has 0 spiro atoms. The Kier molecular flexibility index (Phi) is 5.31. The molecule has 1 aromatic rings. The summed E-state index contributed by atoms with van der Waals surface area (Å²) in [6.45, 7) is 2.24. The van der Waals surface area contributed by atoms with Gasteiger partial charge < -0.3 is 14.6 Å². The molecule has 1 N–H and O–H groups in total. The number of hydrogen-bond acceptors (Lipinski definition) is 5. The maximum absolute atomic E-state index is 12.1. The molecule has 0 heterocycles. The molecule has 0 fully saturated rings. The minimum Gasteiger partial charge on any atom is -0.495 e. The fourth-order valence-corrected chi connectivity index (χ4v) is 2.80. The molecule has 6 nitrogen and oxygen atoms in total. The molecule has 1 aromatic carbocycles. The predicted octanol–water partition coefficient (Wildman–Crippen LogP) is 1.20. The van der Waals surface area contributed by atoms with Crippen LogP contribution in [0, 0.1) is 0 Å². The normalized spacial score (nSPS) is 11.3. The van der Waals surface area contributed by atoms with E-state index in [4.69, 9.17) is 14.6 Å². The maximum Gasteiger partial charge on any atom is 0.335 e. The number of carboxylic acids is 1. The first kappa shape index (κ1) is 15.5. The molecule has 0 saturated carbocycles. The highest BCUT2D eigenvalue weighted by atomic mass is 32.2. The molecule has 0 aliphatic heterocycles. The molecule has 0 atom stereocenters. The van der Waals surface area contributed by atoms with E-state index in [1.54, 1.807) is 6.92 Å². The minimum absolute atomic E-state index is 0.0548. The van der Waals surface area contributed by atoms with Crippen molar-refractivity contribution < 1.29 is 27.8 Å². The third kappa shape index (κ3) is 3.93. The zero-order valence-electron chi connectivity index (χ0n) is 10.8. The number of hydrogen-bond donors (Lipinski definition) is 1. The van der Waals surface area contributed by atoms with Crippen LogP contribution in [0.3, 0.4) is 0 Å². The fraction of sp³-hybridized carbons (Fsp3) is 0.417. The second-order valence-corrected chi connectivity index (χ2v) is 5.76. The number of aromatic carboxylic acids is 1. The molecule has 0 amide bonds. The van der Waals surface area contributed by atoms with Gasteiger partial charge in [0.15, 0.2) is 9.84 Å². The van der Waals surface area contributed by atoms with Crippen molar-refractivity contribution in [2.75, 3.05) is 26.1 Å². The maximum atomic E-state index is 12.1. The number of sulfone groups is 1. The van der Waals surface area contributed by atoms with Crippen LogP contribution in [-0.4, -0.2) is 45.6 Å². The van der Waals surface area contributed by atoms with Gasteiger partial charge in [-0.1, -0.05) is 0 Å². The Labute approximate surface area is 111 Å². The van der Waals surface area contributed by atoms with Crippen LogP contribution in [0.5, 0.6) is 5.75 Å². The highest BCUT2D eigenvalue weighted by Crippen LogP contribution is 2.26. The molecule has 0 aromatic heterocycles. The first-order valence-corrected chi connectivity index (χ1v) is 7.29. The summed E-state index contributed by atoms with van der Waals surface area (Å²) in [6, 6.07) is 3.72. The van der Waals surface area contributed by atoms with Gasteiger partial charge in [0.2, 0.25) is 0 Å². The summed E-state index contributed by atoms with van der Waals surface area (Å²) in [7, 11) is -2.31. The summed E-state index contributed by atoms with van der Waals surface area (Å²) in [5.74, 6) is -1.29. The van der Waals surface area contributed by atoms with Crippen molar-refractivity contribution in [1.29, 1.82) is 0 Å². The first-order chi connectivity index (χ1) is 8.92. The Bertz CT molecular complexity index is 549. The Morgan fingerprint density at radius 1 is 1.37 bits per heavy atom. The van der Waals surface area contributed by atoms with E-state index in [2.05, 4.69) is 0 Å². The van der Waals surface area contributed by atoms with Crippen LogP contribution in [0.25, 0.3) is 0 Å². The summed E-state index contributed by atoms with van der Waals surface area (Å²) in [5, 5.41) is 8.89. The lowest BCUT2D eigenvalue weighted by molar-refractivity contribution is 0.0696. The van der Waals surface area contributed by atoms with Gasteiger partial charge >= 0.3 is 5.97 Å². The van der Waals surface area contributed by atoms with Crippen molar-refractivity contribution in [3.8, 4) is 5.75 Å². The van der Waals surface area contributed by atoms with Gasteiger partial charge in [0.25, 0.3) is 0 Å². The summed E-state index contributed by atoms with van der Waals surface area (Å²) in [6.07, 6.45) is 0. The summed E-state index contributed by atoms with van der Waals surface area (Å²) >= 11 is 0. The Morgan fingerprint density at radius 2 is 2.05 bits per heavy atom. The van der Waals surface area contributed by atoms with Crippen LogP contribution >= 0.6 is 0 Å². The zero-order chi connectivity index (χ0) is 14.5. The van der Waals surface area contributed by atoms with Crippen molar-refractivity contribution >= 4 is 15.8 Å². The molecular formula is C12H16O6S. The molecule has 0 aliphatic rings. The van der Waals surface area contributed by atoms with Gasteiger partial charge in [-0.3, -0.25) is 0 Å². The van der Waals surface area contributed by atoms with E-state index in [-0.39, 0.29) is 28.6 Å². The van der Waals surface area contributed by atoms with Crippen LogP contribution in [0.2, 0.25) is 0 Å². The summed E-state index contributed by atoms with van der Waals surface area (Å²) in [5.41, 5.74) is -0.101. The van der Waals surface area contributed by atoms with Crippen molar-refractivity contribution in [1.82, 2.24) is 0 Å². The third-order valence-corrected chi connectivity index (χ3v) is 4.14. The van der Waals surface area contributed by atoms with Crippen molar-refractivity contribution in [2.24, 2.45) is 0 Å². The van der Waals surface area contributed by atoms with E-state index < -0.39 is 15.8 Å². The number of benzene rings is 1. The van der Waals surface area contributed by atoms with Crippen LogP contribution in [0.4, 0.5) is 0 Å². The largest absolute Gasteiger partial charge is 0.495 e. The third-order valence-electron chi connectivity index (χ3n) is 2.45. The predicted molar refractivity (Wildman–Crippen MR) is 68.5 cm³/mol. The second kappa shape index (κ2) is 6.53. The van der Waals surface area contributed by atoms with Crippen LogP contribution in [-0.2, 0) is 14.6 Å². The van der Waals surface area contributed by atoms with Crippen molar-refractivity contribution in [3.05, 3.63) is 23.8 Å². The van der Waals surface area contributed by atoms with Crippen LogP contribution in [0.15, 0.2) is 23.1 Å². The SMILES string of the molecule is CCOCCS(=O)(=O)c1cc(C(=O)O)ccc1OC. The lowest BCUT2D eigenvalue weighted by atomic mass is 10.2. The average molecular weight is 288 g/mol. The van der Waals surface area contributed by atoms with E-state index >= 15 is 0 Å². The molecule has 0 saturated heterocycles. The van der Waals surface area contributed by atoms with E-state index in [1.165, 1.54) is 19.2 Å². The quantitative estimate of drug-likeness (QED) is 0.758. The second-order valence-electron chi connectivity index (χ2n) is 3.69. The Balaban J connectivity index is 3.15. The fourth-order valence-electron chi connectivity index (χ4n) is 1.48. The van der Waals surface area contributed by atoms with Gasteiger partial charge in [-0.05, 0) is 25.1 Å².